The zero-order chi connectivity index (χ0) is 23.2. The van der Waals surface area contributed by atoms with E-state index in [-0.39, 0.29) is 6.04 Å². The molecule has 0 saturated heterocycles. The summed E-state index contributed by atoms with van der Waals surface area (Å²) < 4.78 is 0. The van der Waals surface area contributed by atoms with Gasteiger partial charge < -0.3 is 5.32 Å². The summed E-state index contributed by atoms with van der Waals surface area (Å²) in [6.45, 7) is 0.844. The van der Waals surface area contributed by atoms with Gasteiger partial charge in [-0.25, -0.2) is 0 Å². The number of rotatable bonds is 7. The molecule has 0 atom stereocenters. The molecular weight excluding hydrogens is 412 g/mol. The van der Waals surface area contributed by atoms with E-state index in [1.165, 1.54) is 22.3 Å². The van der Waals surface area contributed by atoms with Gasteiger partial charge in [-0.1, -0.05) is 109 Å². The highest BCUT2D eigenvalue weighted by Crippen LogP contribution is 2.37. The topological polar surface area (TPSA) is 35.8 Å². The summed E-state index contributed by atoms with van der Waals surface area (Å²) in [7, 11) is 0. The third-order valence-electron chi connectivity index (χ3n) is 7.20. The molecule has 2 heteroatoms. The van der Waals surface area contributed by atoms with Gasteiger partial charge in [0, 0.05) is 0 Å². The highest BCUT2D eigenvalue weighted by Gasteiger charge is 2.34. The van der Waals surface area contributed by atoms with E-state index in [1.54, 1.807) is 0 Å². The van der Waals surface area contributed by atoms with Crippen molar-refractivity contribution in [1.82, 2.24) is 5.32 Å². The summed E-state index contributed by atoms with van der Waals surface area (Å²) in [5.41, 5.74) is 7.09. The van der Waals surface area contributed by atoms with Crippen LogP contribution in [-0.4, -0.2) is 6.54 Å². The molecule has 4 aromatic rings. The average molecular weight is 443 g/mol. The normalized spacial score (nSPS) is 13.4. The first-order valence-electron chi connectivity index (χ1n) is 12.2. The molecule has 0 unspecified atom stereocenters. The SMILES string of the molecule is N#CC(CCCNC1c2ccccc2CCc2ccccc21)(c1ccccc1)c1ccccc1. The largest absolute Gasteiger partial charge is 0.306 e. The van der Waals surface area contributed by atoms with Crippen LogP contribution in [0, 0.1) is 11.3 Å². The van der Waals surface area contributed by atoms with E-state index in [0.29, 0.717) is 0 Å². The standard InChI is InChI=1S/C32H30N2/c33-24-32(27-14-3-1-4-15-27,28-16-5-2-6-17-28)22-11-23-34-31-29-18-9-7-12-25(29)20-21-26-13-8-10-19-30(26)31/h1-10,12-19,31,34H,11,20-23H2. The Kier molecular flexibility index (Phi) is 6.56. The number of nitrogens with one attached hydrogen (secondary N) is 1. The van der Waals surface area contributed by atoms with Gasteiger partial charge in [0.25, 0.3) is 0 Å². The third kappa shape index (κ3) is 4.28. The summed E-state index contributed by atoms with van der Waals surface area (Å²) in [5, 5.41) is 14.3. The van der Waals surface area contributed by atoms with Crippen LogP contribution in [-0.2, 0) is 18.3 Å². The van der Waals surface area contributed by atoms with Crippen molar-refractivity contribution in [3.8, 4) is 6.07 Å². The molecule has 1 aliphatic carbocycles. The Morgan fingerprint density at radius 2 is 1.15 bits per heavy atom. The van der Waals surface area contributed by atoms with Crippen LogP contribution in [0.3, 0.4) is 0 Å². The summed E-state index contributed by atoms with van der Waals surface area (Å²) in [5.74, 6) is 0. The monoisotopic (exact) mass is 442 g/mol. The first-order chi connectivity index (χ1) is 16.8. The predicted molar refractivity (Wildman–Crippen MR) is 139 cm³/mol. The number of hydrogen-bond donors (Lipinski definition) is 1. The molecule has 168 valence electrons. The molecule has 0 spiro atoms. The van der Waals surface area contributed by atoms with Crippen molar-refractivity contribution >= 4 is 0 Å². The van der Waals surface area contributed by atoms with Crippen LogP contribution in [0.5, 0.6) is 0 Å². The number of nitrogens with zero attached hydrogens (tertiary/aromatic N) is 1. The van der Waals surface area contributed by atoms with E-state index >= 15 is 0 Å². The van der Waals surface area contributed by atoms with Crippen molar-refractivity contribution in [2.45, 2.75) is 37.1 Å². The first-order valence-corrected chi connectivity index (χ1v) is 12.2. The molecule has 5 rings (SSSR count). The van der Waals surface area contributed by atoms with E-state index in [9.17, 15) is 5.26 Å². The lowest BCUT2D eigenvalue weighted by molar-refractivity contribution is 0.511. The fraction of sp³-hybridized carbons (Fsp3) is 0.219. The third-order valence-corrected chi connectivity index (χ3v) is 7.20. The molecule has 34 heavy (non-hydrogen) atoms. The molecule has 0 radical (unpaired) electrons. The maximum atomic E-state index is 10.5. The van der Waals surface area contributed by atoms with Gasteiger partial charge in [0.15, 0.2) is 0 Å². The van der Waals surface area contributed by atoms with Gasteiger partial charge in [0.05, 0.1) is 12.1 Å². The van der Waals surface area contributed by atoms with Gasteiger partial charge in [0.1, 0.15) is 5.41 Å². The first kappa shape index (κ1) is 22.1. The fourth-order valence-electron chi connectivity index (χ4n) is 5.43. The summed E-state index contributed by atoms with van der Waals surface area (Å²) in [6, 6.07) is 41.0. The Morgan fingerprint density at radius 3 is 1.65 bits per heavy atom. The van der Waals surface area contributed by atoms with E-state index < -0.39 is 5.41 Å². The van der Waals surface area contributed by atoms with Gasteiger partial charge in [0.2, 0.25) is 0 Å². The predicted octanol–water partition coefficient (Wildman–Crippen LogP) is 6.75. The Bertz CT molecular complexity index is 1180. The van der Waals surface area contributed by atoms with Crippen LogP contribution < -0.4 is 5.32 Å². The van der Waals surface area contributed by atoms with Gasteiger partial charge >= 0.3 is 0 Å². The van der Waals surface area contributed by atoms with Crippen molar-refractivity contribution < 1.29 is 0 Å². The van der Waals surface area contributed by atoms with Crippen LogP contribution in [0.4, 0.5) is 0 Å². The van der Waals surface area contributed by atoms with Crippen LogP contribution >= 0.6 is 0 Å². The van der Waals surface area contributed by atoms with Crippen molar-refractivity contribution in [2.24, 2.45) is 0 Å². The van der Waals surface area contributed by atoms with E-state index in [1.807, 2.05) is 36.4 Å². The van der Waals surface area contributed by atoms with E-state index in [0.717, 1.165) is 43.4 Å². The molecule has 1 N–H and O–H groups in total. The van der Waals surface area contributed by atoms with Gasteiger partial charge in [-0.3, -0.25) is 0 Å². The molecule has 2 nitrogen and oxygen atoms in total. The zero-order valence-electron chi connectivity index (χ0n) is 19.5. The van der Waals surface area contributed by atoms with Crippen LogP contribution in [0.15, 0.2) is 109 Å². The molecular formula is C32H30N2. The van der Waals surface area contributed by atoms with Crippen molar-refractivity contribution in [2.75, 3.05) is 6.54 Å². The summed E-state index contributed by atoms with van der Waals surface area (Å²) >= 11 is 0. The van der Waals surface area contributed by atoms with Crippen molar-refractivity contribution in [3.63, 3.8) is 0 Å². The Labute approximate surface area is 202 Å². The quantitative estimate of drug-likeness (QED) is 0.321. The minimum atomic E-state index is -0.649. The van der Waals surface area contributed by atoms with E-state index in [2.05, 4.69) is 84.2 Å². The molecule has 0 aromatic heterocycles. The smallest absolute Gasteiger partial charge is 0.107 e. The molecule has 0 amide bonds. The molecule has 0 heterocycles. The van der Waals surface area contributed by atoms with Gasteiger partial charge in [-0.05, 0) is 65.6 Å². The van der Waals surface area contributed by atoms with Crippen molar-refractivity contribution in [1.29, 1.82) is 5.26 Å². The highest BCUT2D eigenvalue weighted by atomic mass is 14.9. The number of nitriles is 1. The lowest BCUT2D eigenvalue weighted by Gasteiger charge is -2.29. The molecule has 0 saturated carbocycles. The van der Waals surface area contributed by atoms with Crippen molar-refractivity contribution in [3.05, 3.63) is 143 Å². The Hall–Kier alpha value is -3.67. The number of benzene rings is 4. The summed E-state index contributed by atoms with van der Waals surface area (Å²) in [4.78, 5) is 0. The summed E-state index contributed by atoms with van der Waals surface area (Å²) in [6.07, 6.45) is 3.81. The Morgan fingerprint density at radius 1 is 0.676 bits per heavy atom. The number of hydrogen-bond acceptors (Lipinski definition) is 2. The second-order valence-electron chi connectivity index (χ2n) is 9.14. The molecule has 1 aliphatic rings. The minimum Gasteiger partial charge on any atom is -0.306 e. The van der Waals surface area contributed by atoms with Gasteiger partial charge in [-0.2, -0.15) is 5.26 Å². The Balaban J connectivity index is 1.39. The average Bonchev–Trinajstić information content (AvgIpc) is 3.07. The van der Waals surface area contributed by atoms with Crippen LogP contribution in [0.2, 0.25) is 0 Å². The second-order valence-corrected chi connectivity index (χ2v) is 9.14. The minimum absolute atomic E-state index is 0.180. The van der Waals surface area contributed by atoms with E-state index in [4.69, 9.17) is 0 Å². The molecule has 0 aliphatic heterocycles. The molecule has 0 fully saturated rings. The molecule has 4 aromatic carbocycles. The highest BCUT2D eigenvalue weighted by molar-refractivity contribution is 5.46. The number of aryl methyl sites for hydroxylation is 2. The van der Waals surface area contributed by atoms with Crippen LogP contribution in [0.1, 0.15) is 52.3 Å². The van der Waals surface area contributed by atoms with Gasteiger partial charge in [-0.15, -0.1) is 0 Å². The lowest BCUT2D eigenvalue weighted by atomic mass is 9.72. The molecule has 0 bridgehead atoms. The maximum absolute atomic E-state index is 10.5. The second kappa shape index (κ2) is 10.1. The number of fused-ring (bicyclic) bond motifs is 2. The van der Waals surface area contributed by atoms with Crippen LogP contribution in [0.25, 0.3) is 0 Å². The zero-order valence-corrected chi connectivity index (χ0v) is 19.5. The fourth-order valence-corrected chi connectivity index (χ4v) is 5.43. The maximum Gasteiger partial charge on any atom is 0.107 e. The lowest BCUT2D eigenvalue weighted by Crippen LogP contribution is -2.29.